The van der Waals surface area contributed by atoms with Crippen LogP contribution in [0.5, 0.6) is 0 Å². The molecule has 80 valence electrons. The molecule has 3 nitrogen and oxygen atoms in total. The number of aryl methyl sites for hydroxylation is 1. The molecule has 0 radical (unpaired) electrons. The third-order valence-electron chi connectivity index (χ3n) is 2.06. The topological polar surface area (TPSA) is 30.7 Å². The van der Waals surface area contributed by atoms with Crippen LogP contribution < -0.4 is 0 Å². The van der Waals surface area contributed by atoms with Gasteiger partial charge in [0.1, 0.15) is 11.8 Å². The lowest BCUT2D eigenvalue weighted by atomic mass is 10.3. The number of thiol groups is 1. The largest absolute Gasteiger partial charge is 0.491 e. The molecule has 0 aliphatic rings. The first kappa shape index (κ1) is 10.3. The monoisotopic (exact) mass is 233 g/mol. The minimum absolute atomic E-state index is 0.0859. The summed E-state index contributed by atoms with van der Waals surface area (Å²) in [5.41, 5.74) is 0.615. The van der Waals surface area contributed by atoms with E-state index in [1.807, 2.05) is 0 Å². The molecule has 0 fully saturated rings. The van der Waals surface area contributed by atoms with E-state index in [4.69, 9.17) is 0 Å². The highest BCUT2D eigenvalue weighted by atomic mass is 32.1. The van der Waals surface area contributed by atoms with Crippen molar-refractivity contribution in [1.82, 2.24) is 14.5 Å². The van der Waals surface area contributed by atoms with Gasteiger partial charge in [0.15, 0.2) is 5.65 Å². The highest BCUT2D eigenvalue weighted by Gasteiger charge is 2.33. The number of imidazole rings is 1. The van der Waals surface area contributed by atoms with Crippen LogP contribution in [0.3, 0.4) is 0 Å². The van der Waals surface area contributed by atoms with Crippen LogP contribution in [0.4, 0.5) is 13.2 Å². The van der Waals surface area contributed by atoms with Gasteiger partial charge in [-0.1, -0.05) is 0 Å². The molecule has 0 amide bonds. The molecule has 15 heavy (non-hydrogen) atoms. The summed E-state index contributed by atoms with van der Waals surface area (Å²) in [5.74, 6) is 0. The molecule has 2 aromatic rings. The Hall–Kier alpha value is -1.24. The zero-order chi connectivity index (χ0) is 11.2. The first-order valence-corrected chi connectivity index (χ1v) is 4.45. The van der Waals surface area contributed by atoms with E-state index < -0.39 is 6.30 Å². The van der Waals surface area contributed by atoms with Crippen molar-refractivity contribution in [3.8, 4) is 0 Å². The Morgan fingerprint density at radius 2 is 2.00 bits per heavy atom. The number of rotatable bonds is 0. The summed E-state index contributed by atoms with van der Waals surface area (Å²) in [7, 11) is 0. The van der Waals surface area contributed by atoms with Crippen molar-refractivity contribution in [2.24, 2.45) is 0 Å². The van der Waals surface area contributed by atoms with Gasteiger partial charge < -0.3 is 0 Å². The molecule has 0 saturated heterocycles. The number of alkyl halides is 3. The Morgan fingerprint density at radius 3 is 2.60 bits per heavy atom. The maximum absolute atomic E-state index is 12.4. The normalized spacial score (nSPS) is 12.3. The van der Waals surface area contributed by atoms with Crippen LogP contribution in [0, 0.1) is 6.92 Å². The van der Waals surface area contributed by atoms with Gasteiger partial charge >= 0.3 is 6.30 Å². The fourth-order valence-electron chi connectivity index (χ4n) is 1.26. The van der Waals surface area contributed by atoms with E-state index in [2.05, 4.69) is 22.6 Å². The molecule has 0 aromatic carbocycles. The van der Waals surface area contributed by atoms with Gasteiger partial charge in [-0.2, -0.15) is 0 Å². The van der Waals surface area contributed by atoms with E-state index in [0.29, 0.717) is 10.5 Å². The van der Waals surface area contributed by atoms with Crippen molar-refractivity contribution in [2.45, 2.75) is 18.1 Å². The summed E-state index contributed by atoms with van der Waals surface area (Å²) in [6.45, 7) is 1.65. The van der Waals surface area contributed by atoms with E-state index in [-0.39, 0.29) is 15.7 Å². The highest BCUT2D eigenvalue weighted by molar-refractivity contribution is 7.80. The van der Waals surface area contributed by atoms with Gasteiger partial charge in [0, 0.05) is 11.1 Å². The van der Waals surface area contributed by atoms with Crippen LogP contribution in [-0.4, -0.2) is 14.5 Å². The van der Waals surface area contributed by atoms with Gasteiger partial charge in [-0.15, -0.1) is 25.8 Å². The van der Waals surface area contributed by atoms with E-state index in [0.717, 1.165) is 6.33 Å². The van der Waals surface area contributed by atoms with Crippen LogP contribution in [0.25, 0.3) is 11.2 Å². The molecule has 2 rings (SSSR count). The molecule has 0 atom stereocenters. The molecular formula is C8H6F3N3S. The van der Waals surface area contributed by atoms with Gasteiger partial charge in [0.2, 0.25) is 0 Å². The number of halogens is 3. The number of aromatic nitrogens is 3. The predicted octanol–water partition coefficient (Wildman–Crippen LogP) is 2.50. The van der Waals surface area contributed by atoms with Gasteiger partial charge in [-0.3, -0.25) is 0 Å². The average molecular weight is 233 g/mol. The van der Waals surface area contributed by atoms with E-state index in [1.54, 1.807) is 6.92 Å². The van der Waals surface area contributed by atoms with Crippen LogP contribution >= 0.6 is 12.6 Å². The third-order valence-corrected chi connectivity index (χ3v) is 2.51. The van der Waals surface area contributed by atoms with Crippen molar-refractivity contribution in [3.05, 3.63) is 18.1 Å². The summed E-state index contributed by atoms with van der Waals surface area (Å²) in [6, 6.07) is 0. The first-order valence-electron chi connectivity index (χ1n) is 4.00. The summed E-state index contributed by atoms with van der Waals surface area (Å²) < 4.78 is 37.4. The third kappa shape index (κ3) is 1.56. The quantitative estimate of drug-likeness (QED) is 0.709. The number of nitrogens with zero attached hydrogens (tertiary/aromatic N) is 3. The van der Waals surface area contributed by atoms with E-state index in [9.17, 15) is 13.2 Å². The van der Waals surface area contributed by atoms with Crippen molar-refractivity contribution in [2.75, 3.05) is 0 Å². The second-order valence-electron chi connectivity index (χ2n) is 3.02. The van der Waals surface area contributed by atoms with Crippen molar-refractivity contribution < 1.29 is 13.2 Å². The molecule has 2 heterocycles. The standard InChI is InChI=1S/C8H6F3N3S/c1-4-5(15)2-12-7-6(4)13-3-14(7)8(9,10)11/h2-3,15H,1H3. The predicted molar refractivity (Wildman–Crippen MR) is 50.8 cm³/mol. The minimum atomic E-state index is -4.49. The van der Waals surface area contributed by atoms with Gasteiger partial charge in [-0.25, -0.2) is 14.5 Å². The second kappa shape index (κ2) is 3.13. The Balaban J connectivity index is 2.78. The van der Waals surface area contributed by atoms with Crippen LogP contribution in [0.1, 0.15) is 5.56 Å². The smallest absolute Gasteiger partial charge is 0.235 e. The molecular weight excluding hydrogens is 227 g/mol. The lowest BCUT2D eigenvalue weighted by Gasteiger charge is -2.07. The van der Waals surface area contributed by atoms with Gasteiger partial charge in [-0.05, 0) is 12.5 Å². The Morgan fingerprint density at radius 1 is 1.33 bits per heavy atom. The Bertz CT molecular complexity index is 518. The summed E-state index contributed by atoms with van der Waals surface area (Å²) in [6.07, 6.45) is -2.49. The lowest BCUT2D eigenvalue weighted by molar-refractivity contribution is -0.201. The Labute approximate surface area is 88.4 Å². The van der Waals surface area contributed by atoms with E-state index >= 15 is 0 Å². The first-order chi connectivity index (χ1) is 6.91. The number of fused-ring (bicyclic) bond motifs is 1. The fourth-order valence-corrected chi connectivity index (χ4v) is 1.42. The number of hydrogen-bond acceptors (Lipinski definition) is 3. The van der Waals surface area contributed by atoms with Gasteiger partial charge in [0.05, 0.1) is 0 Å². The molecule has 0 spiro atoms. The minimum Gasteiger partial charge on any atom is -0.235 e. The summed E-state index contributed by atoms with van der Waals surface area (Å²) in [5, 5.41) is 0. The molecule has 0 unspecified atom stereocenters. The van der Waals surface area contributed by atoms with Crippen molar-refractivity contribution in [3.63, 3.8) is 0 Å². The number of hydrogen-bond donors (Lipinski definition) is 1. The van der Waals surface area contributed by atoms with Crippen LogP contribution in [0.15, 0.2) is 17.4 Å². The maximum atomic E-state index is 12.4. The lowest BCUT2D eigenvalue weighted by Crippen LogP contribution is -2.15. The zero-order valence-corrected chi connectivity index (χ0v) is 8.47. The summed E-state index contributed by atoms with van der Waals surface area (Å²) >= 11 is 4.06. The van der Waals surface area contributed by atoms with Gasteiger partial charge in [0.25, 0.3) is 0 Å². The SMILES string of the molecule is Cc1c(S)cnc2c1ncn2C(F)(F)F. The second-order valence-corrected chi connectivity index (χ2v) is 3.50. The average Bonchev–Trinajstić information content (AvgIpc) is 2.54. The molecule has 7 heteroatoms. The highest BCUT2D eigenvalue weighted by Crippen LogP contribution is 2.28. The molecule has 0 saturated carbocycles. The zero-order valence-electron chi connectivity index (χ0n) is 7.58. The molecule has 0 N–H and O–H groups in total. The molecule has 0 aliphatic carbocycles. The molecule has 0 bridgehead atoms. The Kier molecular flexibility index (Phi) is 2.14. The van der Waals surface area contributed by atoms with Crippen LogP contribution in [0.2, 0.25) is 0 Å². The maximum Gasteiger partial charge on any atom is 0.491 e. The van der Waals surface area contributed by atoms with E-state index in [1.165, 1.54) is 6.20 Å². The van der Waals surface area contributed by atoms with Crippen molar-refractivity contribution >= 4 is 23.8 Å². The van der Waals surface area contributed by atoms with Crippen molar-refractivity contribution in [1.29, 1.82) is 0 Å². The summed E-state index contributed by atoms with van der Waals surface area (Å²) in [4.78, 5) is 7.87. The number of pyridine rings is 1. The fraction of sp³-hybridized carbons (Fsp3) is 0.250. The van der Waals surface area contributed by atoms with Crippen LogP contribution in [-0.2, 0) is 6.30 Å². The molecule has 0 aliphatic heterocycles. The molecule has 2 aromatic heterocycles.